The number of nitrogens with zero attached hydrogens (tertiary/aromatic N) is 2. The maximum absolute atomic E-state index is 14.4. The molecule has 0 aliphatic carbocycles. The fourth-order valence-electron chi connectivity index (χ4n) is 2.92. The number of anilines is 1. The molecule has 8 heteroatoms. The van der Waals surface area contributed by atoms with Crippen molar-refractivity contribution < 1.29 is 18.7 Å². The number of aryl methyl sites for hydroxylation is 1. The summed E-state index contributed by atoms with van der Waals surface area (Å²) in [5.74, 6) is 1.27. The van der Waals surface area contributed by atoms with Crippen LogP contribution in [-0.4, -0.2) is 22.4 Å². The van der Waals surface area contributed by atoms with Crippen LogP contribution in [0.5, 0.6) is 11.5 Å². The number of nitrogens with one attached hydrogen (secondary N) is 2. The number of carbonyl (C=O) groups is 1. The maximum Gasteiger partial charge on any atom is 0.320 e. The van der Waals surface area contributed by atoms with Crippen LogP contribution < -0.4 is 20.1 Å². The second kappa shape index (κ2) is 6.99. The van der Waals surface area contributed by atoms with Gasteiger partial charge in [0, 0.05) is 36.8 Å². The third-order valence-corrected chi connectivity index (χ3v) is 4.24. The van der Waals surface area contributed by atoms with Crippen molar-refractivity contribution in [2.24, 2.45) is 7.05 Å². The zero-order valence-corrected chi connectivity index (χ0v) is 14.5. The Bertz CT molecular complexity index is 989. The zero-order valence-electron chi connectivity index (χ0n) is 14.5. The zero-order chi connectivity index (χ0) is 18.8. The molecule has 0 fully saturated rings. The molecule has 0 spiro atoms. The molecule has 2 aromatic carbocycles. The second-order valence-corrected chi connectivity index (χ2v) is 6.02. The maximum atomic E-state index is 14.4. The average Bonchev–Trinajstić information content (AvgIpc) is 3.28. The Morgan fingerprint density at radius 3 is 2.81 bits per heavy atom. The van der Waals surface area contributed by atoms with Gasteiger partial charge in [-0.2, -0.15) is 0 Å². The number of hydrogen-bond acceptors (Lipinski definition) is 4. The molecule has 1 aromatic heterocycles. The summed E-state index contributed by atoms with van der Waals surface area (Å²) in [4.78, 5) is 16.8. The lowest BCUT2D eigenvalue weighted by Gasteiger charge is -2.20. The Labute approximate surface area is 154 Å². The van der Waals surface area contributed by atoms with Gasteiger partial charge in [-0.05, 0) is 18.2 Å². The summed E-state index contributed by atoms with van der Waals surface area (Å²) in [6, 6.07) is 10.1. The van der Waals surface area contributed by atoms with E-state index in [4.69, 9.17) is 9.47 Å². The molecule has 0 radical (unpaired) electrons. The van der Waals surface area contributed by atoms with Crippen LogP contribution in [0.2, 0.25) is 0 Å². The predicted molar refractivity (Wildman–Crippen MR) is 96.2 cm³/mol. The Balaban J connectivity index is 1.57. The van der Waals surface area contributed by atoms with Crippen LogP contribution in [0.3, 0.4) is 0 Å². The molecule has 0 unspecified atom stereocenters. The molecule has 0 bridgehead atoms. The number of urea groups is 1. The number of amides is 2. The first-order valence-corrected chi connectivity index (χ1v) is 8.30. The SMILES string of the molecule is Cn1ccnc1[C@H](NC(=O)Nc1ccc2c(c1)OCO2)c1ccccc1F. The summed E-state index contributed by atoms with van der Waals surface area (Å²) in [5.41, 5.74) is 0.858. The number of carbonyl (C=O) groups excluding carboxylic acids is 1. The molecule has 7 nitrogen and oxygen atoms in total. The Morgan fingerprint density at radius 1 is 1.22 bits per heavy atom. The van der Waals surface area contributed by atoms with E-state index >= 15 is 0 Å². The van der Waals surface area contributed by atoms with Gasteiger partial charge in [-0.15, -0.1) is 0 Å². The average molecular weight is 368 g/mol. The first kappa shape index (κ1) is 16.9. The van der Waals surface area contributed by atoms with Gasteiger partial charge in [0.2, 0.25) is 6.79 Å². The molecular weight excluding hydrogens is 351 g/mol. The van der Waals surface area contributed by atoms with Crippen molar-refractivity contribution in [1.82, 2.24) is 14.9 Å². The summed E-state index contributed by atoms with van der Waals surface area (Å²) in [5, 5.41) is 5.52. The normalized spacial score (nSPS) is 13.3. The van der Waals surface area contributed by atoms with Gasteiger partial charge in [0.05, 0.1) is 0 Å². The van der Waals surface area contributed by atoms with E-state index in [1.807, 2.05) is 0 Å². The van der Waals surface area contributed by atoms with Gasteiger partial charge in [-0.3, -0.25) is 0 Å². The molecule has 3 aromatic rings. The molecule has 0 saturated carbocycles. The van der Waals surface area contributed by atoms with Crippen LogP contribution in [0.1, 0.15) is 17.4 Å². The van der Waals surface area contributed by atoms with Crippen LogP contribution in [-0.2, 0) is 7.05 Å². The van der Waals surface area contributed by atoms with Gasteiger partial charge in [0.15, 0.2) is 11.5 Å². The number of ether oxygens (including phenoxy) is 2. The fraction of sp³-hybridized carbons (Fsp3) is 0.158. The van der Waals surface area contributed by atoms with Crippen LogP contribution in [0.15, 0.2) is 54.9 Å². The van der Waals surface area contributed by atoms with E-state index in [9.17, 15) is 9.18 Å². The second-order valence-electron chi connectivity index (χ2n) is 6.02. The molecule has 2 heterocycles. The lowest BCUT2D eigenvalue weighted by Crippen LogP contribution is -2.35. The minimum Gasteiger partial charge on any atom is -0.454 e. The summed E-state index contributed by atoms with van der Waals surface area (Å²) in [6.45, 7) is 0.152. The molecule has 1 atom stereocenters. The lowest BCUT2D eigenvalue weighted by atomic mass is 10.1. The molecule has 27 heavy (non-hydrogen) atoms. The van der Waals surface area contributed by atoms with E-state index in [0.717, 1.165) is 0 Å². The molecule has 1 aliphatic rings. The summed E-state index contributed by atoms with van der Waals surface area (Å²) in [7, 11) is 1.79. The van der Waals surface area contributed by atoms with Crippen LogP contribution in [0.25, 0.3) is 0 Å². The highest BCUT2D eigenvalue weighted by atomic mass is 19.1. The number of imidazole rings is 1. The third kappa shape index (κ3) is 3.41. The number of aromatic nitrogens is 2. The molecule has 1 aliphatic heterocycles. The molecule has 4 rings (SSSR count). The number of fused-ring (bicyclic) bond motifs is 1. The summed E-state index contributed by atoms with van der Waals surface area (Å²) in [6.07, 6.45) is 3.33. The van der Waals surface area contributed by atoms with E-state index in [1.165, 1.54) is 6.07 Å². The highest BCUT2D eigenvalue weighted by Crippen LogP contribution is 2.34. The van der Waals surface area contributed by atoms with E-state index in [1.54, 1.807) is 60.4 Å². The number of hydrogen-bond donors (Lipinski definition) is 2. The molecular formula is C19H17FN4O3. The number of halogens is 1. The number of rotatable bonds is 4. The smallest absolute Gasteiger partial charge is 0.320 e. The van der Waals surface area contributed by atoms with Gasteiger partial charge in [-0.1, -0.05) is 18.2 Å². The lowest BCUT2D eigenvalue weighted by molar-refractivity contribution is 0.174. The monoisotopic (exact) mass is 368 g/mol. The first-order chi connectivity index (χ1) is 13.1. The van der Waals surface area contributed by atoms with Crippen LogP contribution in [0.4, 0.5) is 14.9 Å². The largest absolute Gasteiger partial charge is 0.454 e. The number of benzene rings is 2. The highest BCUT2D eigenvalue weighted by molar-refractivity contribution is 5.90. The first-order valence-electron chi connectivity index (χ1n) is 8.30. The van der Waals surface area contributed by atoms with Gasteiger partial charge < -0.3 is 24.7 Å². The van der Waals surface area contributed by atoms with Crippen LogP contribution in [0, 0.1) is 5.82 Å². The Kier molecular flexibility index (Phi) is 4.37. The van der Waals surface area contributed by atoms with Crippen molar-refractivity contribution >= 4 is 11.7 Å². The van der Waals surface area contributed by atoms with Gasteiger partial charge in [-0.25, -0.2) is 14.2 Å². The fourth-order valence-corrected chi connectivity index (χ4v) is 2.92. The topological polar surface area (TPSA) is 77.4 Å². The van der Waals surface area contributed by atoms with Crippen molar-refractivity contribution in [3.05, 3.63) is 72.1 Å². The van der Waals surface area contributed by atoms with Crippen molar-refractivity contribution in [3.63, 3.8) is 0 Å². The molecule has 138 valence electrons. The molecule has 2 N–H and O–H groups in total. The Hall–Kier alpha value is -3.55. The minimum absolute atomic E-state index is 0.152. The minimum atomic E-state index is -0.750. The summed E-state index contributed by atoms with van der Waals surface area (Å²) < 4.78 is 26.6. The standard InChI is InChI=1S/C19H17FN4O3/c1-24-9-8-21-18(24)17(13-4-2-3-5-14(13)20)23-19(25)22-12-6-7-15-16(10-12)27-11-26-15/h2-10,17H,11H2,1H3,(H2,22,23,25)/t17-/m1/s1. The van der Waals surface area contributed by atoms with E-state index in [2.05, 4.69) is 15.6 Å². The van der Waals surface area contributed by atoms with E-state index in [0.29, 0.717) is 28.6 Å². The third-order valence-electron chi connectivity index (χ3n) is 4.24. The highest BCUT2D eigenvalue weighted by Gasteiger charge is 2.24. The van der Waals surface area contributed by atoms with Crippen molar-refractivity contribution in [2.45, 2.75) is 6.04 Å². The van der Waals surface area contributed by atoms with Crippen molar-refractivity contribution in [3.8, 4) is 11.5 Å². The van der Waals surface area contributed by atoms with Gasteiger partial charge >= 0.3 is 6.03 Å². The van der Waals surface area contributed by atoms with Crippen molar-refractivity contribution in [2.75, 3.05) is 12.1 Å². The van der Waals surface area contributed by atoms with Crippen molar-refractivity contribution in [1.29, 1.82) is 0 Å². The molecule has 2 amide bonds. The van der Waals surface area contributed by atoms with Crippen LogP contribution >= 0.6 is 0 Å². The van der Waals surface area contributed by atoms with Gasteiger partial charge in [0.25, 0.3) is 0 Å². The molecule has 0 saturated heterocycles. The predicted octanol–water partition coefficient (Wildman–Crippen LogP) is 3.20. The van der Waals surface area contributed by atoms with E-state index in [-0.39, 0.29) is 6.79 Å². The Morgan fingerprint density at radius 2 is 2.04 bits per heavy atom. The van der Waals surface area contributed by atoms with E-state index < -0.39 is 17.9 Å². The summed E-state index contributed by atoms with van der Waals surface area (Å²) >= 11 is 0. The quantitative estimate of drug-likeness (QED) is 0.741. The van der Waals surface area contributed by atoms with Gasteiger partial charge in [0.1, 0.15) is 17.7 Å².